The Morgan fingerprint density at radius 1 is 1.30 bits per heavy atom. The van der Waals surface area contributed by atoms with Crippen LogP contribution in [0.5, 0.6) is 0 Å². The van der Waals surface area contributed by atoms with Crippen molar-refractivity contribution in [2.45, 2.75) is 51.0 Å². The van der Waals surface area contributed by atoms with E-state index in [0.29, 0.717) is 11.6 Å². The summed E-state index contributed by atoms with van der Waals surface area (Å²) in [6.07, 6.45) is 2.89. The van der Waals surface area contributed by atoms with Gasteiger partial charge in [0.2, 0.25) is 10.0 Å². The average molecular weight is 319 g/mol. The van der Waals surface area contributed by atoms with Crippen molar-refractivity contribution in [2.24, 2.45) is 0 Å². The van der Waals surface area contributed by atoms with Gasteiger partial charge >= 0.3 is 0 Å². The second-order valence-electron chi connectivity index (χ2n) is 5.10. The smallest absolute Gasteiger partial charge is 0.245 e. The lowest BCUT2D eigenvalue weighted by Gasteiger charge is -2.26. The number of sulfonamides is 1. The molecule has 0 heterocycles. The van der Waals surface area contributed by atoms with Crippen molar-refractivity contribution in [1.82, 2.24) is 4.31 Å². The van der Waals surface area contributed by atoms with Crippen LogP contribution in [0.4, 0.5) is 5.69 Å². The van der Waals surface area contributed by atoms with Crippen LogP contribution in [-0.2, 0) is 10.0 Å². The summed E-state index contributed by atoms with van der Waals surface area (Å²) in [6.45, 7) is 6.32. The quantitative estimate of drug-likeness (QED) is 0.618. The number of nitrogens with zero attached hydrogens (tertiary/aromatic N) is 1. The minimum Gasteiger partial charge on any atom is -0.398 e. The summed E-state index contributed by atoms with van der Waals surface area (Å²) >= 11 is 5.90. The number of halogens is 1. The normalized spacial score (nSPS) is 12.3. The van der Waals surface area contributed by atoms with Crippen LogP contribution >= 0.6 is 11.6 Å². The van der Waals surface area contributed by atoms with Crippen molar-refractivity contribution < 1.29 is 8.42 Å². The summed E-state index contributed by atoms with van der Waals surface area (Å²) in [6, 6.07) is 4.42. The first-order valence-corrected chi connectivity index (χ1v) is 8.69. The number of rotatable bonds is 7. The number of nitrogens with two attached hydrogens (primary N) is 1. The van der Waals surface area contributed by atoms with Gasteiger partial charge in [-0.05, 0) is 38.5 Å². The van der Waals surface area contributed by atoms with Crippen LogP contribution < -0.4 is 5.73 Å². The van der Waals surface area contributed by atoms with E-state index >= 15 is 0 Å². The average Bonchev–Trinajstić information content (AvgIpc) is 2.36. The molecule has 0 bridgehead atoms. The lowest BCUT2D eigenvalue weighted by atomic mass is 10.2. The van der Waals surface area contributed by atoms with Crippen molar-refractivity contribution >= 4 is 27.3 Å². The summed E-state index contributed by atoms with van der Waals surface area (Å²) < 4.78 is 26.9. The van der Waals surface area contributed by atoms with Gasteiger partial charge in [-0.15, -0.1) is 0 Å². The number of nitrogen functional groups attached to an aromatic ring is 1. The SMILES string of the molecule is CCCCCN(C(C)C)S(=O)(=O)c1cc(Cl)ccc1N. The van der Waals surface area contributed by atoms with E-state index in [0.717, 1.165) is 19.3 Å². The summed E-state index contributed by atoms with van der Waals surface area (Å²) in [4.78, 5) is 0.0928. The molecule has 1 rings (SSSR count). The predicted octanol–water partition coefficient (Wildman–Crippen LogP) is 3.51. The fourth-order valence-electron chi connectivity index (χ4n) is 2.03. The first-order valence-electron chi connectivity index (χ1n) is 6.87. The Bertz CT molecular complexity index is 544. The summed E-state index contributed by atoms with van der Waals surface area (Å²) in [5.41, 5.74) is 6.04. The van der Waals surface area contributed by atoms with E-state index in [1.165, 1.54) is 16.4 Å². The molecule has 0 aliphatic rings. The van der Waals surface area contributed by atoms with Gasteiger partial charge in [0.25, 0.3) is 0 Å². The van der Waals surface area contributed by atoms with Crippen LogP contribution in [0.15, 0.2) is 23.1 Å². The van der Waals surface area contributed by atoms with E-state index in [-0.39, 0.29) is 16.6 Å². The third-order valence-electron chi connectivity index (χ3n) is 3.12. The molecule has 0 amide bonds. The highest BCUT2D eigenvalue weighted by Gasteiger charge is 2.28. The first-order chi connectivity index (χ1) is 9.30. The lowest BCUT2D eigenvalue weighted by molar-refractivity contribution is 0.346. The Labute approximate surface area is 127 Å². The van der Waals surface area contributed by atoms with Gasteiger partial charge < -0.3 is 5.73 Å². The fraction of sp³-hybridized carbons (Fsp3) is 0.571. The highest BCUT2D eigenvalue weighted by atomic mass is 35.5. The Hall–Kier alpha value is -0.780. The molecule has 0 saturated heterocycles. The Balaban J connectivity index is 3.12. The highest BCUT2D eigenvalue weighted by Crippen LogP contribution is 2.27. The molecule has 114 valence electrons. The molecule has 4 nitrogen and oxygen atoms in total. The van der Waals surface area contributed by atoms with Crippen molar-refractivity contribution in [3.8, 4) is 0 Å². The van der Waals surface area contributed by atoms with Gasteiger partial charge in [-0.25, -0.2) is 8.42 Å². The van der Waals surface area contributed by atoms with Crippen molar-refractivity contribution in [2.75, 3.05) is 12.3 Å². The van der Waals surface area contributed by atoms with Crippen LogP contribution in [0.2, 0.25) is 5.02 Å². The topological polar surface area (TPSA) is 63.4 Å². The van der Waals surface area contributed by atoms with E-state index in [1.54, 1.807) is 6.07 Å². The minimum absolute atomic E-state index is 0.0928. The summed E-state index contributed by atoms with van der Waals surface area (Å²) in [5.74, 6) is 0. The maximum absolute atomic E-state index is 12.7. The van der Waals surface area contributed by atoms with E-state index in [4.69, 9.17) is 17.3 Å². The molecule has 20 heavy (non-hydrogen) atoms. The van der Waals surface area contributed by atoms with Crippen molar-refractivity contribution in [1.29, 1.82) is 0 Å². The van der Waals surface area contributed by atoms with Gasteiger partial charge in [0.1, 0.15) is 4.90 Å². The minimum atomic E-state index is -3.61. The zero-order valence-electron chi connectivity index (χ0n) is 12.3. The second kappa shape index (κ2) is 7.29. The number of anilines is 1. The molecular formula is C14H23ClN2O2S. The standard InChI is InChI=1S/C14H23ClN2O2S/c1-4-5-6-9-17(11(2)3)20(18,19)14-10-12(15)7-8-13(14)16/h7-8,10-11H,4-6,9,16H2,1-3H3. The van der Waals surface area contributed by atoms with E-state index < -0.39 is 10.0 Å². The predicted molar refractivity (Wildman–Crippen MR) is 84.4 cm³/mol. The van der Waals surface area contributed by atoms with Crippen LogP contribution in [0.1, 0.15) is 40.0 Å². The van der Waals surface area contributed by atoms with Crippen LogP contribution in [0, 0.1) is 0 Å². The molecule has 0 aromatic heterocycles. The van der Waals surface area contributed by atoms with Gasteiger partial charge in [-0.3, -0.25) is 0 Å². The number of hydrogen-bond acceptors (Lipinski definition) is 3. The first kappa shape index (κ1) is 17.3. The molecule has 0 unspecified atom stereocenters. The zero-order valence-corrected chi connectivity index (χ0v) is 13.8. The number of hydrogen-bond donors (Lipinski definition) is 1. The third-order valence-corrected chi connectivity index (χ3v) is 5.49. The maximum Gasteiger partial charge on any atom is 0.245 e. The molecule has 1 aromatic carbocycles. The van der Waals surface area contributed by atoms with Crippen molar-refractivity contribution in [3.05, 3.63) is 23.2 Å². The van der Waals surface area contributed by atoms with Crippen molar-refractivity contribution in [3.63, 3.8) is 0 Å². The van der Waals surface area contributed by atoms with Crippen LogP contribution in [0.3, 0.4) is 0 Å². The molecule has 2 N–H and O–H groups in total. The highest BCUT2D eigenvalue weighted by molar-refractivity contribution is 7.89. The van der Waals surface area contributed by atoms with E-state index in [1.807, 2.05) is 13.8 Å². The van der Waals surface area contributed by atoms with Gasteiger partial charge in [0.15, 0.2) is 0 Å². The van der Waals surface area contributed by atoms with Gasteiger partial charge in [-0.1, -0.05) is 31.4 Å². The van der Waals surface area contributed by atoms with Gasteiger partial charge in [-0.2, -0.15) is 4.31 Å². The number of benzene rings is 1. The molecular weight excluding hydrogens is 296 g/mol. The molecule has 0 aliphatic heterocycles. The molecule has 0 aliphatic carbocycles. The molecule has 0 fully saturated rings. The molecule has 0 radical (unpaired) electrons. The molecule has 0 atom stereocenters. The van der Waals surface area contributed by atoms with Crippen LogP contribution in [0.25, 0.3) is 0 Å². The second-order valence-corrected chi connectivity index (χ2v) is 7.39. The molecule has 1 aromatic rings. The molecule has 6 heteroatoms. The van der Waals surface area contributed by atoms with E-state index in [9.17, 15) is 8.42 Å². The monoisotopic (exact) mass is 318 g/mol. The summed E-state index contributed by atoms with van der Waals surface area (Å²) in [7, 11) is -3.61. The molecule has 0 spiro atoms. The Kier molecular flexibility index (Phi) is 6.30. The lowest BCUT2D eigenvalue weighted by Crippen LogP contribution is -2.38. The largest absolute Gasteiger partial charge is 0.398 e. The number of unbranched alkanes of at least 4 members (excludes halogenated alkanes) is 2. The maximum atomic E-state index is 12.7. The Morgan fingerprint density at radius 2 is 1.95 bits per heavy atom. The Morgan fingerprint density at radius 3 is 2.50 bits per heavy atom. The molecule has 0 saturated carbocycles. The third kappa shape index (κ3) is 4.11. The van der Waals surface area contributed by atoms with E-state index in [2.05, 4.69) is 6.92 Å². The van der Waals surface area contributed by atoms with Crippen LogP contribution in [-0.4, -0.2) is 25.3 Å². The van der Waals surface area contributed by atoms with Gasteiger partial charge in [0.05, 0.1) is 5.69 Å². The van der Waals surface area contributed by atoms with Gasteiger partial charge in [0, 0.05) is 17.6 Å². The fourth-order valence-corrected chi connectivity index (χ4v) is 4.09. The zero-order chi connectivity index (χ0) is 15.3. The summed E-state index contributed by atoms with van der Waals surface area (Å²) in [5, 5.41) is 0.370.